The van der Waals surface area contributed by atoms with Gasteiger partial charge in [0.1, 0.15) is 0 Å². The molecule has 0 spiro atoms. The van der Waals surface area contributed by atoms with E-state index in [2.05, 4.69) is 38.8 Å². The third-order valence-electron chi connectivity index (χ3n) is 6.00. The highest BCUT2D eigenvalue weighted by Crippen LogP contribution is 2.54. The number of ether oxygens (including phenoxy) is 1. The largest absolute Gasteiger partial charge is 0.381 e. The molecular formula is C20H32N4O2. The van der Waals surface area contributed by atoms with Gasteiger partial charge in [-0.1, -0.05) is 6.07 Å². The fourth-order valence-corrected chi connectivity index (χ4v) is 4.19. The molecule has 26 heavy (non-hydrogen) atoms. The molecular weight excluding hydrogens is 328 g/mol. The number of hydrogen-bond donors (Lipinski definition) is 2. The van der Waals surface area contributed by atoms with Gasteiger partial charge in [0.05, 0.1) is 6.61 Å². The molecule has 1 aliphatic carbocycles. The molecule has 1 aliphatic heterocycles. The molecule has 1 aromatic heterocycles. The van der Waals surface area contributed by atoms with Crippen molar-refractivity contribution < 1.29 is 9.53 Å². The average molecular weight is 361 g/mol. The van der Waals surface area contributed by atoms with Crippen LogP contribution < -0.4 is 10.6 Å². The van der Waals surface area contributed by atoms with Crippen molar-refractivity contribution >= 4 is 6.03 Å². The first-order chi connectivity index (χ1) is 12.5. The minimum absolute atomic E-state index is 0.115. The smallest absolute Gasteiger partial charge is 0.314 e. The minimum atomic E-state index is -0.115. The molecule has 144 valence electrons. The molecule has 1 saturated heterocycles. The van der Waals surface area contributed by atoms with Gasteiger partial charge < -0.3 is 15.4 Å². The lowest BCUT2D eigenvalue weighted by atomic mass is 9.84. The molecule has 1 aromatic rings. The third kappa shape index (κ3) is 4.01. The molecule has 2 fully saturated rings. The van der Waals surface area contributed by atoms with E-state index < -0.39 is 0 Å². The highest BCUT2D eigenvalue weighted by atomic mass is 16.5. The zero-order valence-corrected chi connectivity index (χ0v) is 16.3. The van der Waals surface area contributed by atoms with Crippen LogP contribution in [0.5, 0.6) is 0 Å². The summed E-state index contributed by atoms with van der Waals surface area (Å²) >= 11 is 0. The topological polar surface area (TPSA) is 66.5 Å². The summed E-state index contributed by atoms with van der Waals surface area (Å²) in [6, 6.07) is 4.24. The van der Waals surface area contributed by atoms with Gasteiger partial charge in [0.25, 0.3) is 0 Å². The standard InChI is InChI=1S/C20H32N4O2/c1-4-26-15-19(9-11-22-18(25)21-3)10-12-24(14-19)20(7-8-20)17-6-5-16(2)23-13-17/h5-6,13H,4,7-12,14-15H2,1-3H3,(H2,21,22,25)/t19-/m0/s1. The second-order valence-corrected chi connectivity index (χ2v) is 7.78. The van der Waals surface area contributed by atoms with Crippen LogP contribution in [-0.4, -0.2) is 55.8 Å². The Bertz CT molecular complexity index is 615. The molecule has 0 unspecified atom stereocenters. The first kappa shape index (κ1) is 19.1. The summed E-state index contributed by atoms with van der Waals surface area (Å²) in [5.41, 5.74) is 2.70. The second-order valence-electron chi connectivity index (χ2n) is 7.78. The van der Waals surface area contributed by atoms with Crippen molar-refractivity contribution in [2.45, 2.75) is 45.1 Å². The fraction of sp³-hybridized carbons (Fsp3) is 0.700. The lowest BCUT2D eigenvalue weighted by Crippen LogP contribution is -2.40. The molecule has 6 nitrogen and oxygen atoms in total. The van der Waals surface area contributed by atoms with E-state index in [0.29, 0.717) is 6.54 Å². The van der Waals surface area contributed by atoms with Crippen molar-refractivity contribution in [2.75, 3.05) is 39.9 Å². The molecule has 6 heteroatoms. The Labute approximate surface area is 156 Å². The summed E-state index contributed by atoms with van der Waals surface area (Å²) in [6.07, 6.45) is 6.53. The first-order valence-electron chi connectivity index (χ1n) is 9.75. The summed E-state index contributed by atoms with van der Waals surface area (Å²) in [4.78, 5) is 18.6. The van der Waals surface area contributed by atoms with E-state index in [0.717, 1.165) is 44.8 Å². The average Bonchev–Trinajstić information content (AvgIpc) is 3.35. The summed E-state index contributed by atoms with van der Waals surface area (Å²) in [7, 11) is 1.65. The van der Waals surface area contributed by atoms with Gasteiger partial charge in [-0.2, -0.15) is 0 Å². The van der Waals surface area contributed by atoms with Crippen LogP contribution >= 0.6 is 0 Å². The van der Waals surface area contributed by atoms with Crippen molar-refractivity contribution in [3.05, 3.63) is 29.6 Å². The first-order valence-corrected chi connectivity index (χ1v) is 9.75. The maximum Gasteiger partial charge on any atom is 0.314 e. The van der Waals surface area contributed by atoms with Crippen LogP contribution in [-0.2, 0) is 10.3 Å². The monoisotopic (exact) mass is 360 g/mol. The Morgan fingerprint density at radius 1 is 1.35 bits per heavy atom. The summed E-state index contributed by atoms with van der Waals surface area (Å²) in [5, 5.41) is 5.55. The molecule has 2 aliphatic rings. The number of nitrogens with zero attached hydrogens (tertiary/aromatic N) is 2. The van der Waals surface area contributed by atoms with E-state index in [1.54, 1.807) is 7.05 Å². The van der Waals surface area contributed by atoms with Crippen LogP contribution in [0.4, 0.5) is 4.79 Å². The van der Waals surface area contributed by atoms with Gasteiger partial charge in [0.15, 0.2) is 0 Å². The molecule has 0 aromatic carbocycles. The molecule has 1 atom stereocenters. The normalized spacial score (nSPS) is 24.4. The molecule has 2 N–H and O–H groups in total. The van der Waals surface area contributed by atoms with Crippen LogP contribution in [0.15, 0.2) is 18.3 Å². The lowest BCUT2D eigenvalue weighted by Gasteiger charge is -2.33. The maximum absolute atomic E-state index is 11.5. The van der Waals surface area contributed by atoms with Gasteiger partial charge in [-0.25, -0.2) is 4.79 Å². The SMILES string of the molecule is CCOC[C@@]1(CCNC(=O)NC)CCN(C2(c3ccc(C)nc3)CC2)C1. The number of likely N-dealkylation sites (tertiary alicyclic amines) is 1. The van der Waals surface area contributed by atoms with Crippen molar-refractivity contribution in [1.29, 1.82) is 0 Å². The highest BCUT2D eigenvalue weighted by molar-refractivity contribution is 5.73. The van der Waals surface area contributed by atoms with Crippen molar-refractivity contribution in [1.82, 2.24) is 20.5 Å². The number of aryl methyl sites for hydroxylation is 1. The zero-order valence-electron chi connectivity index (χ0n) is 16.3. The van der Waals surface area contributed by atoms with Gasteiger partial charge in [-0.05, 0) is 57.7 Å². The molecule has 0 bridgehead atoms. The Morgan fingerprint density at radius 2 is 2.15 bits per heavy atom. The molecule has 2 amide bonds. The number of carbonyl (C=O) groups excluding carboxylic acids is 1. The molecule has 0 radical (unpaired) electrons. The maximum atomic E-state index is 11.5. The summed E-state index contributed by atoms with van der Waals surface area (Å²) in [6.45, 7) is 8.36. The Morgan fingerprint density at radius 3 is 2.77 bits per heavy atom. The zero-order chi connectivity index (χ0) is 18.6. The van der Waals surface area contributed by atoms with E-state index in [1.165, 1.54) is 18.4 Å². The number of urea groups is 1. The number of pyridine rings is 1. The minimum Gasteiger partial charge on any atom is -0.381 e. The Kier molecular flexibility index (Phi) is 5.82. The van der Waals surface area contributed by atoms with Gasteiger partial charge in [0, 0.05) is 49.6 Å². The Hall–Kier alpha value is -1.66. The van der Waals surface area contributed by atoms with E-state index in [-0.39, 0.29) is 17.0 Å². The van der Waals surface area contributed by atoms with E-state index in [1.807, 2.05) is 13.8 Å². The Balaban J connectivity index is 1.67. The number of carbonyl (C=O) groups is 1. The molecule has 1 saturated carbocycles. The van der Waals surface area contributed by atoms with Crippen molar-refractivity contribution in [3.63, 3.8) is 0 Å². The van der Waals surface area contributed by atoms with Crippen LogP contribution in [0.2, 0.25) is 0 Å². The highest BCUT2D eigenvalue weighted by Gasteiger charge is 2.54. The number of amides is 2. The van der Waals surface area contributed by atoms with Gasteiger partial charge in [0.2, 0.25) is 0 Å². The lowest BCUT2D eigenvalue weighted by molar-refractivity contribution is 0.0446. The van der Waals surface area contributed by atoms with Crippen LogP contribution in [0, 0.1) is 12.3 Å². The van der Waals surface area contributed by atoms with E-state index >= 15 is 0 Å². The number of aromatic nitrogens is 1. The van der Waals surface area contributed by atoms with Crippen LogP contribution in [0.25, 0.3) is 0 Å². The number of hydrogen-bond acceptors (Lipinski definition) is 4. The van der Waals surface area contributed by atoms with E-state index in [9.17, 15) is 4.79 Å². The van der Waals surface area contributed by atoms with Gasteiger partial charge in [-0.15, -0.1) is 0 Å². The van der Waals surface area contributed by atoms with Gasteiger partial charge in [-0.3, -0.25) is 9.88 Å². The van der Waals surface area contributed by atoms with Crippen molar-refractivity contribution in [3.8, 4) is 0 Å². The molecule has 3 rings (SSSR count). The van der Waals surface area contributed by atoms with Crippen molar-refractivity contribution in [2.24, 2.45) is 5.41 Å². The van der Waals surface area contributed by atoms with E-state index in [4.69, 9.17) is 4.74 Å². The number of rotatable bonds is 8. The second kappa shape index (κ2) is 7.92. The predicted molar refractivity (Wildman–Crippen MR) is 102 cm³/mol. The molecule has 2 heterocycles. The third-order valence-corrected chi connectivity index (χ3v) is 6.00. The predicted octanol–water partition coefficient (Wildman–Crippen LogP) is 2.43. The van der Waals surface area contributed by atoms with Crippen LogP contribution in [0.1, 0.15) is 43.9 Å². The fourth-order valence-electron chi connectivity index (χ4n) is 4.19. The van der Waals surface area contributed by atoms with Gasteiger partial charge >= 0.3 is 6.03 Å². The number of nitrogens with one attached hydrogen (secondary N) is 2. The van der Waals surface area contributed by atoms with Crippen LogP contribution in [0.3, 0.4) is 0 Å². The summed E-state index contributed by atoms with van der Waals surface area (Å²) < 4.78 is 5.84. The summed E-state index contributed by atoms with van der Waals surface area (Å²) in [5.74, 6) is 0. The quantitative estimate of drug-likeness (QED) is 0.747.